The number of hydrogen-bond donors (Lipinski definition) is 2. The van der Waals surface area contributed by atoms with Gasteiger partial charge in [-0.15, -0.1) is 0 Å². The average Bonchev–Trinajstić information content (AvgIpc) is 2.61. The first kappa shape index (κ1) is 17.9. The fourth-order valence-corrected chi connectivity index (χ4v) is 2.62. The SMILES string of the molecule is COc1ccc(Cl)cc1NC(=O)CC(=O)Nc1ccc2c(c1)OCCO2. The van der Waals surface area contributed by atoms with Crippen molar-refractivity contribution in [2.75, 3.05) is 31.0 Å². The fraction of sp³-hybridized carbons (Fsp3) is 0.222. The van der Waals surface area contributed by atoms with Gasteiger partial charge in [0.1, 0.15) is 25.4 Å². The van der Waals surface area contributed by atoms with Gasteiger partial charge in [0.2, 0.25) is 11.8 Å². The molecule has 0 unspecified atom stereocenters. The molecule has 0 radical (unpaired) electrons. The van der Waals surface area contributed by atoms with Gasteiger partial charge in [-0.2, -0.15) is 0 Å². The molecule has 2 N–H and O–H groups in total. The quantitative estimate of drug-likeness (QED) is 0.783. The molecular weight excluding hydrogens is 360 g/mol. The van der Waals surface area contributed by atoms with Crippen molar-refractivity contribution in [3.05, 3.63) is 41.4 Å². The van der Waals surface area contributed by atoms with Crippen molar-refractivity contribution in [3.8, 4) is 17.2 Å². The van der Waals surface area contributed by atoms with Crippen LogP contribution in [0.2, 0.25) is 5.02 Å². The van der Waals surface area contributed by atoms with Gasteiger partial charge >= 0.3 is 0 Å². The lowest BCUT2D eigenvalue weighted by Gasteiger charge is -2.19. The van der Waals surface area contributed by atoms with Crippen LogP contribution in [-0.2, 0) is 9.59 Å². The van der Waals surface area contributed by atoms with Crippen LogP contribution in [0.25, 0.3) is 0 Å². The van der Waals surface area contributed by atoms with E-state index >= 15 is 0 Å². The maximum Gasteiger partial charge on any atom is 0.233 e. The van der Waals surface area contributed by atoms with Crippen molar-refractivity contribution < 1.29 is 23.8 Å². The minimum atomic E-state index is -0.486. The Bertz CT molecular complexity index is 840. The number of rotatable bonds is 5. The van der Waals surface area contributed by atoms with Gasteiger partial charge in [-0.05, 0) is 30.3 Å². The van der Waals surface area contributed by atoms with E-state index in [1.54, 1.807) is 36.4 Å². The summed E-state index contributed by atoms with van der Waals surface area (Å²) in [5.74, 6) is 0.693. The summed E-state index contributed by atoms with van der Waals surface area (Å²) in [7, 11) is 1.48. The highest BCUT2D eigenvalue weighted by Gasteiger charge is 2.15. The molecular formula is C18H17ClN2O5. The van der Waals surface area contributed by atoms with Crippen molar-refractivity contribution >= 4 is 34.8 Å². The molecule has 0 aliphatic carbocycles. The predicted molar refractivity (Wildman–Crippen MR) is 97.3 cm³/mol. The summed E-state index contributed by atoms with van der Waals surface area (Å²) in [6.07, 6.45) is -0.357. The Morgan fingerprint density at radius 2 is 1.77 bits per heavy atom. The summed E-state index contributed by atoms with van der Waals surface area (Å²) < 4.78 is 16.0. The van der Waals surface area contributed by atoms with Crippen LogP contribution < -0.4 is 24.8 Å². The number of nitrogens with one attached hydrogen (secondary N) is 2. The third-order valence-electron chi connectivity index (χ3n) is 3.58. The first-order valence-electron chi connectivity index (χ1n) is 7.88. The molecule has 0 aromatic heterocycles. The summed E-state index contributed by atoms with van der Waals surface area (Å²) >= 11 is 5.92. The number of ether oxygens (including phenoxy) is 3. The van der Waals surface area contributed by atoms with Crippen LogP contribution in [0.15, 0.2) is 36.4 Å². The molecule has 2 aromatic carbocycles. The molecule has 0 spiro atoms. The molecule has 0 bridgehead atoms. The van der Waals surface area contributed by atoms with Gasteiger partial charge in [0.25, 0.3) is 0 Å². The topological polar surface area (TPSA) is 85.9 Å². The second-order valence-corrected chi connectivity index (χ2v) is 5.91. The monoisotopic (exact) mass is 376 g/mol. The van der Waals surface area contributed by atoms with E-state index in [1.165, 1.54) is 7.11 Å². The molecule has 1 heterocycles. The average molecular weight is 377 g/mol. The highest BCUT2D eigenvalue weighted by Crippen LogP contribution is 2.32. The Morgan fingerprint density at radius 1 is 1.04 bits per heavy atom. The van der Waals surface area contributed by atoms with E-state index in [-0.39, 0.29) is 6.42 Å². The first-order chi connectivity index (χ1) is 12.5. The third-order valence-corrected chi connectivity index (χ3v) is 3.82. The Morgan fingerprint density at radius 3 is 2.54 bits per heavy atom. The minimum Gasteiger partial charge on any atom is -0.495 e. The number of halogens is 1. The van der Waals surface area contributed by atoms with Crippen molar-refractivity contribution in [1.29, 1.82) is 0 Å². The summed E-state index contributed by atoms with van der Waals surface area (Å²) in [5.41, 5.74) is 0.921. The molecule has 2 amide bonds. The minimum absolute atomic E-state index is 0.357. The predicted octanol–water partition coefficient (Wildman–Crippen LogP) is 3.09. The lowest BCUT2D eigenvalue weighted by molar-refractivity contribution is -0.123. The Kier molecular flexibility index (Phi) is 5.48. The van der Waals surface area contributed by atoms with E-state index in [0.29, 0.717) is 46.9 Å². The lowest BCUT2D eigenvalue weighted by Crippen LogP contribution is -2.22. The number of anilines is 2. The highest BCUT2D eigenvalue weighted by atomic mass is 35.5. The van der Waals surface area contributed by atoms with Gasteiger partial charge in [0.05, 0.1) is 12.8 Å². The van der Waals surface area contributed by atoms with Crippen LogP contribution in [0.3, 0.4) is 0 Å². The number of methoxy groups -OCH3 is 1. The van der Waals surface area contributed by atoms with Crippen LogP contribution in [0.1, 0.15) is 6.42 Å². The molecule has 136 valence electrons. The van der Waals surface area contributed by atoms with E-state index < -0.39 is 11.8 Å². The zero-order valence-electron chi connectivity index (χ0n) is 14.0. The maximum absolute atomic E-state index is 12.1. The molecule has 0 atom stereocenters. The van der Waals surface area contributed by atoms with Crippen LogP contribution >= 0.6 is 11.6 Å². The van der Waals surface area contributed by atoms with Gasteiger partial charge in [0.15, 0.2) is 11.5 Å². The van der Waals surface area contributed by atoms with Crippen molar-refractivity contribution in [3.63, 3.8) is 0 Å². The normalized spacial score (nSPS) is 12.2. The first-order valence-corrected chi connectivity index (χ1v) is 8.26. The number of amides is 2. The second-order valence-electron chi connectivity index (χ2n) is 5.48. The third kappa shape index (κ3) is 4.37. The molecule has 2 aromatic rings. The smallest absolute Gasteiger partial charge is 0.233 e. The highest BCUT2D eigenvalue weighted by molar-refractivity contribution is 6.31. The van der Waals surface area contributed by atoms with E-state index in [4.69, 9.17) is 25.8 Å². The van der Waals surface area contributed by atoms with Gasteiger partial charge in [0, 0.05) is 16.8 Å². The van der Waals surface area contributed by atoms with E-state index in [0.717, 1.165) is 0 Å². The van der Waals surface area contributed by atoms with Gasteiger partial charge in [-0.25, -0.2) is 0 Å². The summed E-state index contributed by atoms with van der Waals surface area (Å²) in [6, 6.07) is 9.88. The van der Waals surface area contributed by atoms with E-state index in [2.05, 4.69) is 10.6 Å². The summed E-state index contributed by atoms with van der Waals surface area (Å²) in [4.78, 5) is 24.2. The lowest BCUT2D eigenvalue weighted by atomic mass is 10.2. The Labute approximate surface area is 155 Å². The largest absolute Gasteiger partial charge is 0.495 e. The number of benzene rings is 2. The maximum atomic E-state index is 12.1. The molecule has 8 heteroatoms. The fourth-order valence-electron chi connectivity index (χ4n) is 2.44. The molecule has 1 aliphatic rings. The number of hydrogen-bond acceptors (Lipinski definition) is 5. The van der Waals surface area contributed by atoms with Crippen molar-refractivity contribution in [2.45, 2.75) is 6.42 Å². The van der Waals surface area contributed by atoms with Gasteiger partial charge < -0.3 is 24.8 Å². The van der Waals surface area contributed by atoms with Crippen LogP contribution in [0.4, 0.5) is 11.4 Å². The van der Waals surface area contributed by atoms with Crippen LogP contribution in [-0.4, -0.2) is 32.1 Å². The van der Waals surface area contributed by atoms with E-state index in [1.807, 2.05) is 0 Å². The standard InChI is InChI=1S/C18H17ClN2O5/c1-24-14-4-2-11(19)8-13(14)21-18(23)10-17(22)20-12-3-5-15-16(9-12)26-7-6-25-15/h2-5,8-9H,6-7,10H2,1H3,(H,20,22)(H,21,23). The van der Waals surface area contributed by atoms with Crippen molar-refractivity contribution in [1.82, 2.24) is 0 Å². The van der Waals surface area contributed by atoms with Gasteiger partial charge in [-0.3, -0.25) is 9.59 Å². The molecule has 0 saturated carbocycles. The zero-order chi connectivity index (χ0) is 18.5. The molecule has 3 rings (SSSR count). The Balaban J connectivity index is 1.59. The molecule has 1 aliphatic heterocycles. The van der Waals surface area contributed by atoms with Crippen LogP contribution in [0.5, 0.6) is 17.2 Å². The molecule has 0 saturated heterocycles. The van der Waals surface area contributed by atoms with Gasteiger partial charge in [-0.1, -0.05) is 11.6 Å². The molecule has 7 nitrogen and oxygen atoms in total. The number of carbonyl (C=O) groups is 2. The summed E-state index contributed by atoms with van der Waals surface area (Å²) in [6.45, 7) is 0.945. The zero-order valence-corrected chi connectivity index (χ0v) is 14.8. The molecule has 0 fully saturated rings. The second kappa shape index (κ2) is 7.97. The summed E-state index contributed by atoms with van der Waals surface area (Å²) in [5, 5.41) is 5.72. The van der Waals surface area contributed by atoms with Crippen LogP contribution in [0, 0.1) is 0 Å². The molecule has 26 heavy (non-hydrogen) atoms. The van der Waals surface area contributed by atoms with E-state index in [9.17, 15) is 9.59 Å². The van der Waals surface area contributed by atoms with Crippen molar-refractivity contribution in [2.24, 2.45) is 0 Å². The Hall–Kier alpha value is -2.93. The number of fused-ring (bicyclic) bond motifs is 1. The number of carbonyl (C=O) groups excluding carboxylic acids is 2.